The SMILES string of the molecule is CCl.FC(F)=C(F)CCSc1nccs1. The maximum absolute atomic E-state index is 12.3. The van der Waals surface area contributed by atoms with Crippen LogP contribution in [0.3, 0.4) is 0 Å². The van der Waals surface area contributed by atoms with Crippen LogP contribution in [0.5, 0.6) is 0 Å². The second-order valence-corrected chi connectivity index (χ2v) is 4.30. The van der Waals surface area contributed by atoms with E-state index in [1.807, 2.05) is 0 Å². The van der Waals surface area contributed by atoms with Crippen molar-refractivity contribution in [3.63, 3.8) is 0 Å². The number of thiazole rings is 1. The first-order valence-electron chi connectivity index (χ1n) is 3.80. The quantitative estimate of drug-likeness (QED) is 0.590. The lowest BCUT2D eigenvalue weighted by Crippen LogP contribution is -1.81. The van der Waals surface area contributed by atoms with Gasteiger partial charge < -0.3 is 0 Å². The molecule has 0 spiro atoms. The molecule has 1 aromatic heterocycles. The molecule has 0 fully saturated rings. The lowest BCUT2D eigenvalue weighted by molar-refractivity contribution is 0.373. The fourth-order valence-electron chi connectivity index (χ4n) is 0.604. The normalized spacial score (nSPS) is 9.13. The van der Waals surface area contributed by atoms with Gasteiger partial charge in [0.25, 0.3) is 0 Å². The Hall–Kier alpha value is -0.200. The second kappa shape index (κ2) is 9.06. The van der Waals surface area contributed by atoms with E-state index in [0.29, 0.717) is 0 Å². The van der Waals surface area contributed by atoms with Gasteiger partial charge in [-0.05, 0) is 0 Å². The minimum atomic E-state index is -2.22. The van der Waals surface area contributed by atoms with Gasteiger partial charge in [-0.3, -0.25) is 0 Å². The molecule has 0 amide bonds. The Balaban J connectivity index is 0.000000921. The van der Waals surface area contributed by atoms with Gasteiger partial charge in [0.05, 0.1) is 0 Å². The van der Waals surface area contributed by atoms with Crippen LogP contribution in [0.2, 0.25) is 0 Å². The summed E-state index contributed by atoms with van der Waals surface area (Å²) in [5, 5.41) is 1.78. The molecule has 0 aromatic carbocycles. The van der Waals surface area contributed by atoms with Crippen LogP contribution in [-0.2, 0) is 0 Å². The number of thioether (sulfide) groups is 1. The van der Waals surface area contributed by atoms with Gasteiger partial charge in [0.15, 0.2) is 5.83 Å². The molecule has 0 atom stereocenters. The molecule has 0 saturated carbocycles. The van der Waals surface area contributed by atoms with Crippen molar-refractivity contribution in [3.05, 3.63) is 23.5 Å². The van der Waals surface area contributed by atoms with Gasteiger partial charge in [0.2, 0.25) is 0 Å². The Morgan fingerprint density at radius 2 is 2.13 bits per heavy atom. The summed E-state index contributed by atoms with van der Waals surface area (Å²) in [5.74, 6) is -1.04. The highest BCUT2D eigenvalue weighted by Gasteiger charge is 2.05. The van der Waals surface area contributed by atoms with E-state index in [2.05, 4.69) is 16.6 Å². The summed E-state index contributed by atoms with van der Waals surface area (Å²) >= 11 is 7.32. The first-order valence-corrected chi connectivity index (χ1v) is 6.42. The van der Waals surface area contributed by atoms with Crippen molar-refractivity contribution < 1.29 is 13.2 Å². The van der Waals surface area contributed by atoms with Crippen LogP contribution in [0, 0.1) is 0 Å². The van der Waals surface area contributed by atoms with Crippen molar-refractivity contribution >= 4 is 34.7 Å². The van der Waals surface area contributed by atoms with E-state index in [4.69, 9.17) is 0 Å². The average Bonchev–Trinajstić information content (AvgIpc) is 2.73. The Morgan fingerprint density at radius 3 is 2.60 bits per heavy atom. The summed E-state index contributed by atoms with van der Waals surface area (Å²) in [4.78, 5) is 3.91. The third-order valence-electron chi connectivity index (χ3n) is 1.16. The molecular formula is C8H9ClF3NS2. The topological polar surface area (TPSA) is 12.9 Å². The smallest absolute Gasteiger partial charge is 0.238 e. The van der Waals surface area contributed by atoms with Gasteiger partial charge in [0, 0.05) is 30.1 Å². The molecule has 0 aliphatic carbocycles. The van der Waals surface area contributed by atoms with Gasteiger partial charge in [0.1, 0.15) is 4.34 Å². The molecule has 0 aliphatic rings. The van der Waals surface area contributed by atoms with Crippen LogP contribution in [-0.4, -0.2) is 17.1 Å². The molecule has 0 saturated heterocycles. The van der Waals surface area contributed by atoms with Crippen molar-refractivity contribution in [2.75, 3.05) is 12.1 Å². The van der Waals surface area contributed by atoms with E-state index >= 15 is 0 Å². The fraction of sp³-hybridized carbons (Fsp3) is 0.375. The molecule has 1 aromatic rings. The summed E-state index contributed by atoms with van der Waals surface area (Å²) in [7, 11) is 0. The zero-order chi connectivity index (χ0) is 11.7. The fourth-order valence-corrected chi connectivity index (χ4v) is 2.24. The molecule has 15 heavy (non-hydrogen) atoms. The molecule has 0 N–H and O–H groups in total. The van der Waals surface area contributed by atoms with E-state index in [-0.39, 0.29) is 12.2 Å². The zero-order valence-corrected chi connectivity index (χ0v) is 10.2. The molecule has 0 unspecified atom stereocenters. The first-order chi connectivity index (χ1) is 7.20. The van der Waals surface area contributed by atoms with Crippen molar-refractivity contribution in [1.29, 1.82) is 0 Å². The molecule has 1 rings (SSSR count). The standard InChI is InChI=1S/C7H6F3NS2.CH3Cl/c8-5(6(9)10)1-3-12-7-11-2-4-13-7;1-2/h2,4H,1,3H2;1H3. The van der Waals surface area contributed by atoms with Crippen molar-refractivity contribution in [3.8, 4) is 0 Å². The summed E-state index contributed by atoms with van der Waals surface area (Å²) in [6, 6.07) is 0. The number of alkyl halides is 1. The summed E-state index contributed by atoms with van der Waals surface area (Å²) < 4.78 is 36.2. The van der Waals surface area contributed by atoms with E-state index in [1.165, 1.54) is 29.5 Å². The minimum Gasteiger partial charge on any atom is -0.238 e. The van der Waals surface area contributed by atoms with E-state index in [1.54, 1.807) is 11.6 Å². The molecule has 1 heterocycles. The first kappa shape index (κ1) is 14.8. The molecule has 1 nitrogen and oxygen atoms in total. The summed E-state index contributed by atoms with van der Waals surface area (Å²) in [6.07, 6.45) is 0.626. The summed E-state index contributed by atoms with van der Waals surface area (Å²) in [5.41, 5.74) is 0. The Morgan fingerprint density at radius 1 is 1.47 bits per heavy atom. The number of hydrogen-bond acceptors (Lipinski definition) is 3. The molecule has 7 heteroatoms. The Bertz CT molecular complexity index is 286. The minimum absolute atomic E-state index is 0.243. The van der Waals surface area contributed by atoms with Crippen molar-refractivity contribution in [1.82, 2.24) is 4.98 Å². The second-order valence-electron chi connectivity index (χ2n) is 2.06. The van der Waals surface area contributed by atoms with Gasteiger partial charge >= 0.3 is 6.08 Å². The van der Waals surface area contributed by atoms with Crippen LogP contribution >= 0.6 is 34.7 Å². The van der Waals surface area contributed by atoms with Gasteiger partial charge in [-0.1, -0.05) is 11.8 Å². The lowest BCUT2D eigenvalue weighted by Gasteiger charge is -1.94. The monoisotopic (exact) mass is 275 g/mol. The molecule has 0 aliphatic heterocycles. The van der Waals surface area contributed by atoms with Crippen LogP contribution < -0.4 is 0 Å². The van der Waals surface area contributed by atoms with E-state index in [0.717, 1.165) is 4.34 Å². The van der Waals surface area contributed by atoms with Crippen molar-refractivity contribution in [2.24, 2.45) is 0 Å². The van der Waals surface area contributed by atoms with Crippen LogP contribution in [0.25, 0.3) is 0 Å². The van der Waals surface area contributed by atoms with Gasteiger partial charge in [-0.25, -0.2) is 9.37 Å². The molecule has 86 valence electrons. The van der Waals surface area contributed by atoms with Crippen molar-refractivity contribution in [2.45, 2.75) is 10.8 Å². The Kier molecular flexibility index (Phi) is 8.94. The highest BCUT2D eigenvalue weighted by molar-refractivity contribution is 8.01. The number of allylic oxidation sites excluding steroid dienone is 1. The summed E-state index contributed by atoms with van der Waals surface area (Å²) in [6.45, 7) is 0. The average molecular weight is 276 g/mol. The third-order valence-corrected chi connectivity index (χ3v) is 3.13. The predicted molar refractivity (Wildman–Crippen MR) is 59.6 cm³/mol. The highest BCUT2D eigenvalue weighted by Crippen LogP contribution is 2.23. The number of rotatable bonds is 4. The molecular weight excluding hydrogens is 267 g/mol. The predicted octanol–water partition coefficient (Wildman–Crippen LogP) is 4.56. The Labute approximate surface area is 99.4 Å². The van der Waals surface area contributed by atoms with E-state index in [9.17, 15) is 13.2 Å². The molecule has 0 radical (unpaired) electrons. The van der Waals surface area contributed by atoms with Crippen LogP contribution in [0.4, 0.5) is 13.2 Å². The highest BCUT2D eigenvalue weighted by atomic mass is 35.5. The number of aromatic nitrogens is 1. The van der Waals surface area contributed by atoms with E-state index < -0.39 is 11.9 Å². The van der Waals surface area contributed by atoms with Gasteiger partial charge in [-0.15, -0.1) is 22.9 Å². The third kappa shape index (κ3) is 6.81. The molecule has 0 bridgehead atoms. The van der Waals surface area contributed by atoms with Gasteiger partial charge in [-0.2, -0.15) is 8.78 Å². The lowest BCUT2D eigenvalue weighted by atomic mass is 10.4. The number of nitrogens with zero attached hydrogens (tertiary/aromatic N) is 1. The maximum atomic E-state index is 12.3. The largest absolute Gasteiger partial charge is 0.301 e. The zero-order valence-electron chi connectivity index (χ0n) is 7.84. The number of halogens is 4. The van der Waals surface area contributed by atoms with Crippen LogP contribution in [0.15, 0.2) is 27.8 Å². The number of hydrogen-bond donors (Lipinski definition) is 0. The maximum Gasteiger partial charge on any atom is 0.301 e. The van der Waals surface area contributed by atoms with Crippen LogP contribution in [0.1, 0.15) is 6.42 Å².